The standard InChI is InChI=1S/C67H122O6/c1-4-7-10-13-16-19-22-24-26-28-30-32-33-34-36-37-39-41-43-45-48-51-54-57-60-66(69)72-63-64(62-71-65(68)59-56-53-50-47-21-18-15-12-9-6-3)73-67(70)61-58-55-52-49-46-44-42-40-38-35-31-29-27-25-23-20-17-14-11-8-5-2/h8,11,17,20,25,27,31,35,64H,4-7,9-10,12-16,18-19,21-24,26,28-30,32-34,36-63H2,1-3H3/b11-8-,20-17-,27-25-,35-31-. The zero-order valence-corrected chi connectivity index (χ0v) is 48.9. The molecule has 0 fully saturated rings. The molecular formula is C67H122O6. The molecular weight excluding hydrogens is 901 g/mol. The fraction of sp³-hybridized carbons (Fsp3) is 0.836. The lowest BCUT2D eigenvalue weighted by atomic mass is 10.0. The van der Waals surface area contributed by atoms with Gasteiger partial charge in [0.1, 0.15) is 13.2 Å². The highest BCUT2D eigenvalue weighted by atomic mass is 16.6. The SMILES string of the molecule is CC/C=C\C/C=C\C/C=C\C/C=C\CCCCCCCCCCC(=O)OC(COC(=O)CCCCCCCCCCCC)COC(=O)CCCCCCCCCCCCCCCCCCCCCCCCCC. The van der Waals surface area contributed by atoms with Crippen molar-refractivity contribution >= 4 is 17.9 Å². The third-order valence-corrected chi connectivity index (χ3v) is 14.3. The second-order valence-electron chi connectivity index (χ2n) is 21.7. The topological polar surface area (TPSA) is 78.9 Å². The minimum absolute atomic E-state index is 0.0716. The minimum Gasteiger partial charge on any atom is -0.462 e. The van der Waals surface area contributed by atoms with Crippen molar-refractivity contribution in [3.05, 3.63) is 48.6 Å². The van der Waals surface area contributed by atoms with Crippen molar-refractivity contribution in [2.75, 3.05) is 13.2 Å². The minimum atomic E-state index is -0.774. The Labute approximate surface area is 454 Å². The molecule has 0 saturated heterocycles. The van der Waals surface area contributed by atoms with E-state index in [-0.39, 0.29) is 31.1 Å². The van der Waals surface area contributed by atoms with E-state index in [0.29, 0.717) is 19.3 Å². The lowest BCUT2D eigenvalue weighted by Crippen LogP contribution is -2.30. The molecule has 1 unspecified atom stereocenters. The number of carbonyl (C=O) groups is 3. The second kappa shape index (κ2) is 61.9. The molecule has 0 aliphatic carbocycles. The van der Waals surface area contributed by atoms with Crippen molar-refractivity contribution in [2.24, 2.45) is 0 Å². The molecule has 6 nitrogen and oxygen atoms in total. The number of ether oxygens (including phenoxy) is 3. The van der Waals surface area contributed by atoms with E-state index in [1.165, 1.54) is 212 Å². The number of rotatable bonds is 59. The monoisotopic (exact) mass is 1020 g/mol. The van der Waals surface area contributed by atoms with Crippen LogP contribution in [0.1, 0.15) is 342 Å². The highest BCUT2D eigenvalue weighted by molar-refractivity contribution is 5.71. The van der Waals surface area contributed by atoms with Crippen LogP contribution in [0.3, 0.4) is 0 Å². The number of hydrogen-bond acceptors (Lipinski definition) is 6. The van der Waals surface area contributed by atoms with Gasteiger partial charge in [-0.15, -0.1) is 0 Å². The Morgan fingerprint density at radius 2 is 0.534 bits per heavy atom. The van der Waals surface area contributed by atoms with E-state index in [0.717, 1.165) is 89.9 Å². The van der Waals surface area contributed by atoms with Crippen molar-refractivity contribution in [2.45, 2.75) is 348 Å². The number of allylic oxidation sites excluding steroid dienone is 8. The highest BCUT2D eigenvalue weighted by Crippen LogP contribution is 2.18. The first kappa shape index (κ1) is 70.4. The van der Waals surface area contributed by atoms with Crippen LogP contribution in [0.5, 0.6) is 0 Å². The quantitative estimate of drug-likeness (QED) is 0.0261. The van der Waals surface area contributed by atoms with Crippen molar-refractivity contribution < 1.29 is 28.6 Å². The molecule has 73 heavy (non-hydrogen) atoms. The predicted octanol–water partition coefficient (Wildman–Crippen LogP) is 21.8. The van der Waals surface area contributed by atoms with E-state index in [9.17, 15) is 14.4 Å². The molecule has 0 amide bonds. The molecule has 0 aliphatic heterocycles. The average molecular weight is 1020 g/mol. The highest BCUT2D eigenvalue weighted by Gasteiger charge is 2.19. The lowest BCUT2D eigenvalue weighted by molar-refractivity contribution is -0.167. The molecule has 0 aliphatic rings. The molecule has 0 aromatic rings. The molecule has 0 saturated carbocycles. The summed E-state index contributed by atoms with van der Waals surface area (Å²) in [6.07, 6.45) is 77.0. The van der Waals surface area contributed by atoms with Gasteiger partial charge in [-0.1, -0.05) is 313 Å². The number of unbranched alkanes of at least 4 members (excludes halogenated alkanes) is 40. The van der Waals surface area contributed by atoms with Gasteiger partial charge in [-0.05, 0) is 57.8 Å². The maximum absolute atomic E-state index is 12.9. The molecule has 1 atom stereocenters. The summed E-state index contributed by atoms with van der Waals surface area (Å²) in [5.74, 6) is -0.860. The Balaban J connectivity index is 4.21. The molecule has 0 aromatic carbocycles. The molecule has 0 aromatic heterocycles. The van der Waals surface area contributed by atoms with Crippen molar-refractivity contribution in [3.63, 3.8) is 0 Å². The summed E-state index contributed by atoms with van der Waals surface area (Å²) in [5.41, 5.74) is 0. The summed E-state index contributed by atoms with van der Waals surface area (Å²) in [5, 5.41) is 0. The van der Waals surface area contributed by atoms with E-state index >= 15 is 0 Å². The second-order valence-corrected chi connectivity index (χ2v) is 21.7. The maximum atomic E-state index is 12.9. The molecule has 0 spiro atoms. The van der Waals surface area contributed by atoms with Crippen molar-refractivity contribution in [1.82, 2.24) is 0 Å². The van der Waals surface area contributed by atoms with Crippen LogP contribution in [0, 0.1) is 0 Å². The molecule has 0 rings (SSSR count). The van der Waals surface area contributed by atoms with E-state index in [4.69, 9.17) is 14.2 Å². The Hall–Kier alpha value is -2.63. The Bertz CT molecular complexity index is 1270. The summed E-state index contributed by atoms with van der Waals surface area (Å²) in [4.78, 5) is 38.2. The summed E-state index contributed by atoms with van der Waals surface area (Å²) >= 11 is 0. The van der Waals surface area contributed by atoms with E-state index in [1.807, 2.05) is 0 Å². The smallest absolute Gasteiger partial charge is 0.306 e. The number of carbonyl (C=O) groups excluding carboxylic acids is 3. The van der Waals surface area contributed by atoms with Crippen molar-refractivity contribution in [1.29, 1.82) is 0 Å². The largest absolute Gasteiger partial charge is 0.462 e. The van der Waals surface area contributed by atoms with E-state index < -0.39 is 6.10 Å². The first-order valence-electron chi connectivity index (χ1n) is 32.1. The summed E-state index contributed by atoms with van der Waals surface area (Å²) in [6.45, 7) is 6.56. The van der Waals surface area contributed by atoms with Crippen LogP contribution in [-0.4, -0.2) is 37.2 Å². The van der Waals surface area contributed by atoms with Gasteiger partial charge in [-0.2, -0.15) is 0 Å². The van der Waals surface area contributed by atoms with Crippen molar-refractivity contribution in [3.8, 4) is 0 Å². The predicted molar refractivity (Wildman–Crippen MR) is 316 cm³/mol. The Morgan fingerprint density at radius 1 is 0.288 bits per heavy atom. The average Bonchev–Trinajstić information content (AvgIpc) is 3.39. The third-order valence-electron chi connectivity index (χ3n) is 14.3. The summed E-state index contributed by atoms with van der Waals surface area (Å²) in [6, 6.07) is 0. The Morgan fingerprint density at radius 3 is 0.836 bits per heavy atom. The zero-order chi connectivity index (χ0) is 52.9. The normalized spacial score (nSPS) is 12.3. The first-order valence-corrected chi connectivity index (χ1v) is 32.1. The number of hydrogen-bond donors (Lipinski definition) is 0. The molecule has 0 bridgehead atoms. The number of esters is 3. The summed E-state index contributed by atoms with van der Waals surface area (Å²) < 4.78 is 16.9. The van der Waals surface area contributed by atoms with Crippen LogP contribution in [0.25, 0.3) is 0 Å². The molecule has 0 heterocycles. The fourth-order valence-corrected chi connectivity index (χ4v) is 9.56. The van der Waals surface area contributed by atoms with Gasteiger partial charge in [0.15, 0.2) is 6.10 Å². The van der Waals surface area contributed by atoms with Crippen LogP contribution in [-0.2, 0) is 28.6 Å². The van der Waals surface area contributed by atoms with E-state index in [2.05, 4.69) is 69.4 Å². The van der Waals surface area contributed by atoms with Gasteiger partial charge in [0.2, 0.25) is 0 Å². The molecule has 0 radical (unpaired) electrons. The zero-order valence-electron chi connectivity index (χ0n) is 48.9. The van der Waals surface area contributed by atoms with Crippen LogP contribution in [0.4, 0.5) is 0 Å². The van der Waals surface area contributed by atoms with Crippen LogP contribution < -0.4 is 0 Å². The molecule has 6 heteroatoms. The first-order chi connectivity index (χ1) is 36.0. The maximum Gasteiger partial charge on any atom is 0.306 e. The van der Waals surface area contributed by atoms with Crippen LogP contribution >= 0.6 is 0 Å². The van der Waals surface area contributed by atoms with Gasteiger partial charge >= 0.3 is 17.9 Å². The Kier molecular flexibility index (Phi) is 59.7. The van der Waals surface area contributed by atoms with Gasteiger partial charge in [0, 0.05) is 19.3 Å². The third kappa shape index (κ3) is 60.1. The van der Waals surface area contributed by atoms with Gasteiger partial charge < -0.3 is 14.2 Å². The van der Waals surface area contributed by atoms with Crippen LogP contribution in [0.2, 0.25) is 0 Å². The van der Waals surface area contributed by atoms with Gasteiger partial charge in [-0.3, -0.25) is 14.4 Å². The fourth-order valence-electron chi connectivity index (χ4n) is 9.56. The molecule has 0 N–H and O–H groups in total. The van der Waals surface area contributed by atoms with Gasteiger partial charge in [-0.25, -0.2) is 0 Å². The van der Waals surface area contributed by atoms with Gasteiger partial charge in [0.25, 0.3) is 0 Å². The lowest BCUT2D eigenvalue weighted by Gasteiger charge is -2.18. The van der Waals surface area contributed by atoms with E-state index in [1.54, 1.807) is 0 Å². The van der Waals surface area contributed by atoms with Crippen LogP contribution in [0.15, 0.2) is 48.6 Å². The molecule has 426 valence electrons. The summed E-state index contributed by atoms with van der Waals surface area (Å²) in [7, 11) is 0. The van der Waals surface area contributed by atoms with Gasteiger partial charge in [0.05, 0.1) is 0 Å².